The van der Waals surface area contributed by atoms with Gasteiger partial charge < -0.3 is 16.0 Å². The first-order chi connectivity index (χ1) is 12.1. The van der Waals surface area contributed by atoms with Crippen LogP contribution in [-0.2, 0) is 0 Å². The van der Waals surface area contributed by atoms with Crippen LogP contribution in [0.1, 0.15) is 36.0 Å². The third-order valence-corrected chi connectivity index (χ3v) is 4.45. The second kappa shape index (κ2) is 8.03. The van der Waals surface area contributed by atoms with Gasteiger partial charge in [0.05, 0.1) is 0 Å². The maximum atomic E-state index is 12.2. The van der Waals surface area contributed by atoms with Crippen LogP contribution >= 0.6 is 11.6 Å². The highest BCUT2D eigenvalue weighted by molar-refractivity contribution is 6.30. The molecule has 0 saturated heterocycles. The van der Waals surface area contributed by atoms with E-state index in [0.29, 0.717) is 22.0 Å². The minimum absolute atomic E-state index is 0.0657. The van der Waals surface area contributed by atoms with Gasteiger partial charge in [-0.1, -0.05) is 24.4 Å². The second-order valence-corrected chi connectivity index (χ2v) is 6.55. The fourth-order valence-electron chi connectivity index (χ4n) is 2.87. The average Bonchev–Trinajstić information content (AvgIpc) is 3.10. The van der Waals surface area contributed by atoms with Gasteiger partial charge in [0, 0.05) is 28.0 Å². The number of rotatable bonds is 4. The minimum atomic E-state index is -0.356. The van der Waals surface area contributed by atoms with Crippen LogP contribution in [0, 0.1) is 0 Å². The number of nitrogens with one attached hydrogen (secondary N) is 3. The predicted octanol–water partition coefficient (Wildman–Crippen LogP) is 4.66. The van der Waals surface area contributed by atoms with Crippen molar-refractivity contribution in [2.75, 3.05) is 10.6 Å². The molecule has 0 spiro atoms. The van der Waals surface area contributed by atoms with Gasteiger partial charge in [0.2, 0.25) is 0 Å². The Morgan fingerprint density at radius 1 is 0.840 bits per heavy atom. The summed E-state index contributed by atoms with van der Waals surface area (Å²) >= 11 is 5.81. The molecule has 3 rings (SSSR count). The number of benzene rings is 2. The lowest BCUT2D eigenvalue weighted by Crippen LogP contribution is -2.32. The van der Waals surface area contributed by atoms with E-state index < -0.39 is 0 Å². The molecule has 0 bridgehead atoms. The number of anilines is 2. The molecule has 3 amide bonds. The molecule has 130 valence electrons. The largest absolute Gasteiger partial charge is 0.349 e. The van der Waals surface area contributed by atoms with Gasteiger partial charge in [-0.25, -0.2) is 4.79 Å². The molecule has 0 aromatic heterocycles. The monoisotopic (exact) mass is 357 g/mol. The molecule has 2 aromatic rings. The summed E-state index contributed by atoms with van der Waals surface area (Å²) in [4.78, 5) is 24.2. The normalized spacial score (nSPS) is 14.1. The Morgan fingerprint density at radius 3 is 1.92 bits per heavy atom. The van der Waals surface area contributed by atoms with Gasteiger partial charge in [0.1, 0.15) is 0 Å². The molecule has 0 heterocycles. The summed E-state index contributed by atoms with van der Waals surface area (Å²) in [7, 11) is 0. The van der Waals surface area contributed by atoms with E-state index in [1.54, 1.807) is 48.5 Å². The summed E-state index contributed by atoms with van der Waals surface area (Å²) in [5.41, 5.74) is 1.86. The summed E-state index contributed by atoms with van der Waals surface area (Å²) in [6, 6.07) is 13.6. The first-order valence-electron chi connectivity index (χ1n) is 8.35. The smallest absolute Gasteiger partial charge is 0.323 e. The van der Waals surface area contributed by atoms with Crippen LogP contribution in [0.4, 0.5) is 16.2 Å². The number of halogens is 1. The maximum absolute atomic E-state index is 12.2. The number of hydrogen-bond acceptors (Lipinski definition) is 2. The van der Waals surface area contributed by atoms with Crippen molar-refractivity contribution >= 4 is 34.9 Å². The standard InChI is InChI=1S/C19H20ClN3O2/c20-14-7-11-17(12-8-14)23-19(25)22-16-9-5-13(6-10-16)18(24)21-15-3-1-2-4-15/h5-12,15H,1-4H2,(H,21,24)(H2,22,23,25). The fraction of sp³-hybridized carbons (Fsp3) is 0.263. The van der Waals surface area contributed by atoms with Crippen molar-refractivity contribution in [3.63, 3.8) is 0 Å². The number of carbonyl (C=O) groups is 2. The Kier molecular flexibility index (Phi) is 5.56. The lowest BCUT2D eigenvalue weighted by Gasteiger charge is -2.12. The zero-order valence-corrected chi connectivity index (χ0v) is 14.5. The van der Waals surface area contributed by atoms with Crippen LogP contribution in [0.5, 0.6) is 0 Å². The molecule has 3 N–H and O–H groups in total. The molecule has 0 atom stereocenters. The molecule has 1 aliphatic rings. The number of urea groups is 1. The fourth-order valence-corrected chi connectivity index (χ4v) is 3.00. The van der Waals surface area contributed by atoms with Gasteiger partial charge in [0.25, 0.3) is 5.91 Å². The predicted molar refractivity (Wildman–Crippen MR) is 100 cm³/mol. The number of amides is 3. The summed E-state index contributed by atoms with van der Waals surface area (Å²) in [6.07, 6.45) is 4.46. The van der Waals surface area contributed by atoms with Gasteiger partial charge in [-0.15, -0.1) is 0 Å². The molecule has 0 radical (unpaired) electrons. The van der Waals surface area contributed by atoms with Crippen LogP contribution in [-0.4, -0.2) is 18.0 Å². The van der Waals surface area contributed by atoms with E-state index in [4.69, 9.17) is 11.6 Å². The topological polar surface area (TPSA) is 70.2 Å². The van der Waals surface area contributed by atoms with E-state index in [0.717, 1.165) is 12.8 Å². The molecular formula is C19H20ClN3O2. The minimum Gasteiger partial charge on any atom is -0.349 e. The van der Waals surface area contributed by atoms with E-state index in [-0.39, 0.29) is 18.0 Å². The van der Waals surface area contributed by atoms with E-state index in [9.17, 15) is 9.59 Å². The molecular weight excluding hydrogens is 338 g/mol. The lowest BCUT2D eigenvalue weighted by atomic mass is 10.1. The number of hydrogen-bond donors (Lipinski definition) is 3. The van der Waals surface area contributed by atoms with Gasteiger partial charge in [-0.2, -0.15) is 0 Å². The van der Waals surface area contributed by atoms with Crippen molar-refractivity contribution in [2.45, 2.75) is 31.7 Å². The highest BCUT2D eigenvalue weighted by Crippen LogP contribution is 2.19. The molecule has 1 saturated carbocycles. The second-order valence-electron chi connectivity index (χ2n) is 6.12. The Labute approximate surface area is 151 Å². The Balaban J connectivity index is 1.53. The first-order valence-corrected chi connectivity index (χ1v) is 8.72. The third-order valence-electron chi connectivity index (χ3n) is 4.20. The van der Waals surface area contributed by atoms with Crippen LogP contribution in [0.3, 0.4) is 0 Å². The Bertz CT molecular complexity index is 738. The van der Waals surface area contributed by atoms with Crippen LogP contribution in [0.25, 0.3) is 0 Å². The van der Waals surface area contributed by atoms with Crippen LogP contribution in [0.15, 0.2) is 48.5 Å². The van der Waals surface area contributed by atoms with Crippen LogP contribution < -0.4 is 16.0 Å². The van der Waals surface area contributed by atoms with Crippen molar-refractivity contribution < 1.29 is 9.59 Å². The Morgan fingerprint density at radius 2 is 1.36 bits per heavy atom. The van der Waals surface area contributed by atoms with Crippen LogP contribution in [0.2, 0.25) is 5.02 Å². The maximum Gasteiger partial charge on any atom is 0.323 e. The average molecular weight is 358 g/mol. The Hall–Kier alpha value is -2.53. The zero-order valence-electron chi connectivity index (χ0n) is 13.7. The van der Waals surface area contributed by atoms with Crippen molar-refractivity contribution in [2.24, 2.45) is 0 Å². The molecule has 0 aliphatic heterocycles. The summed E-state index contributed by atoms with van der Waals surface area (Å²) in [6.45, 7) is 0. The van der Waals surface area contributed by atoms with E-state index in [1.807, 2.05) is 0 Å². The van der Waals surface area contributed by atoms with Gasteiger partial charge in [-0.05, 0) is 61.4 Å². The van der Waals surface area contributed by atoms with Crippen molar-refractivity contribution in [1.29, 1.82) is 0 Å². The summed E-state index contributed by atoms with van der Waals surface area (Å²) in [5, 5.41) is 9.10. The number of carbonyl (C=O) groups excluding carboxylic acids is 2. The lowest BCUT2D eigenvalue weighted by molar-refractivity contribution is 0.0938. The molecule has 25 heavy (non-hydrogen) atoms. The zero-order chi connectivity index (χ0) is 17.6. The first kappa shape index (κ1) is 17.3. The molecule has 2 aromatic carbocycles. The van der Waals surface area contributed by atoms with Gasteiger partial charge >= 0.3 is 6.03 Å². The molecule has 0 unspecified atom stereocenters. The van der Waals surface area contributed by atoms with E-state index in [2.05, 4.69) is 16.0 Å². The van der Waals surface area contributed by atoms with Crippen molar-refractivity contribution in [3.05, 3.63) is 59.1 Å². The van der Waals surface area contributed by atoms with Crippen molar-refractivity contribution in [3.8, 4) is 0 Å². The molecule has 6 heteroatoms. The van der Waals surface area contributed by atoms with E-state index in [1.165, 1.54) is 12.8 Å². The molecule has 1 fully saturated rings. The molecule has 5 nitrogen and oxygen atoms in total. The quantitative estimate of drug-likeness (QED) is 0.745. The van der Waals surface area contributed by atoms with Crippen molar-refractivity contribution in [1.82, 2.24) is 5.32 Å². The third kappa shape index (κ3) is 4.97. The molecule has 1 aliphatic carbocycles. The highest BCUT2D eigenvalue weighted by atomic mass is 35.5. The van der Waals surface area contributed by atoms with Gasteiger partial charge in [0.15, 0.2) is 0 Å². The SMILES string of the molecule is O=C(Nc1ccc(Cl)cc1)Nc1ccc(C(=O)NC2CCCC2)cc1. The summed E-state index contributed by atoms with van der Waals surface area (Å²) < 4.78 is 0. The van der Waals surface area contributed by atoms with E-state index >= 15 is 0 Å². The highest BCUT2D eigenvalue weighted by Gasteiger charge is 2.17. The summed E-state index contributed by atoms with van der Waals surface area (Å²) in [5.74, 6) is -0.0657. The van der Waals surface area contributed by atoms with Gasteiger partial charge in [-0.3, -0.25) is 4.79 Å².